The molecule has 9 aromatic carbocycles. The fraction of sp³-hybridized carbons (Fsp3) is 0.217. The van der Waals surface area contributed by atoms with Gasteiger partial charge in [0.05, 0.1) is 16.8 Å². The van der Waals surface area contributed by atoms with Gasteiger partial charge in [-0.15, -0.1) is 0 Å². The van der Waals surface area contributed by atoms with Gasteiger partial charge in [0, 0.05) is 22.1 Å². The van der Waals surface area contributed by atoms with E-state index in [9.17, 15) is 0 Å². The predicted octanol–water partition coefficient (Wildman–Crippen LogP) is 18.4. The average Bonchev–Trinajstić information content (AvgIpc) is 3.99. The summed E-state index contributed by atoms with van der Waals surface area (Å²) in [6.07, 6.45) is 0. The van der Waals surface area contributed by atoms with Gasteiger partial charge in [0.2, 0.25) is 0 Å². The zero-order chi connectivity index (χ0) is 48.3. The van der Waals surface area contributed by atoms with Gasteiger partial charge in [-0.2, -0.15) is 0 Å². The second-order valence-electron chi connectivity index (χ2n) is 23.6. The van der Waals surface area contributed by atoms with Crippen LogP contribution in [0.4, 0.5) is 17.1 Å². The number of fused-ring (bicyclic) bond motifs is 16. The van der Waals surface area contributed by atoms with Gasteiger partial charge < -0.3 is 4.90 Å². The van der Waals surface area contributed by atoms with Crippen molar-refractivity contribution in [2.45, 2.75) is 96.3 Å². The molecular weight excluding hydrogens is 843 g/mol. The number of hydrogen-bond donors (Lipinski definition) is 0. The Morgan fingerprint density at radius 2 is 0.800 bits per heavy atom. The Kier molecular flexibility index (Phi) is 8.83. The number of hydrogen-bond acceptors (Lipinski definition) is 1. The molecule has 0 aliphatic heterocycles. The SMILES string of the molecule is CC(C)(C)c1cc(C(C)(C)C)c2c(c1)C(C)(C)c1cccc(-c3ccccc3N(c3ccc4c(c3)C3(c5ccccc5-c5ccccc53)c3ccccc3-4)c3cccc4c3C(C)(C)c3ccccc3-4)c1-2. The zero-order valence-corrected chi connectivity index (χ0v) is 42.3. The smallest absolute Gasteiger partial charge is 0.0726 e. The van der Waals surface area contributed by atoms with Crippen molar-refractivity contribution in [3.05, 3.63) is 244 Å². The second kappa shape index (κ2) is 14.4. The first-order valence-electron chi connectivity index (χ1n) is 25.4. The van der Waals surface area contributed by atoms with Crippen molar-refractivity contribution in [1.29, 1.82) is 0 Å². The van der Waals surface area contributed by atoms with E-state index in [4.69, 9.17) is 0 Å². The highest BCUT2D eigenvalue weighted by Crippen LogP contribution is 2.65. The minimum absolute atomic E-state index is 0.0116. The molecule has 9 aromatic rings. The summed E-state index contributed by atoms with van der Waals surface area (Å²) in [5.74, 6) is 0. The molecule has 0 saturated carbocycles. The molecule has 13 rings (SSSR count). The van der Waals surface area contributed by atoms with Crippen LogP contribution in [-0.4, -0.2) is 0 Å². The molecule has 1 nitrogen and oxygen atoms in total. The number of nitrogens with zero attached hydrogens (tertiary/aromatic N) is 1. The van der Waals surface area contributed by atoms with E-state index >= 15 is 0 Å². The molecule has 0 N–H and O–H groups in total. The third-order valence-electron chi connectivity index (χ3n) is 16.9. The van der Waals surface area contributed by atoms with Crippen molar-refractivity contribution in [3.8, 4) is 55.6 Å². The predicted molar refractivity (Wildman–Crippen MR) is 295 cm³/mol. The lowest BCUT2D eigenvalue weighted by Gasteiger charge is -2.35. The Morgan fingerprint density at radius 1 is 0.329 bits per heavy atom. The second-order valence-corrected chi connectivity index (χ2v) is 23.6. The third kappa shape index (κ3) is 5.61. The molecular formula is C69H61N. The molecule has 4 aliphatic carbocycles. The van der Waals surface area contributed by atoms with Crippen LogP contribution in [0.2, 0.25) is 0 Å². The number of benzene rings is 9. The molecule has 4 aliphatic rings. The van der Waals surface area contributed by atoms with Gasteiger partial charge in [-0.1, -0.05) is 233 Å². The summed E-state index contributed by atoms with van der Waals surface area (Å²) in [7, 11) is 0. The quantitative estimate of drug-likeness (QED) is 0.170. The first kappa shape index (κ1) is 42.8. The monoisotopic (exact) mass is 903 g/mol. The van der Waals surface area contributed by atoms with Gasteiger partial charge in [0.1, 0.15) is 0 Å². The molecule has 0 saturated heterocycles. The van der Waals surface area contributed by atoms with Crippen LogP contribution in [0.5, 0.6) is 0 Å². The van der Waals surface area contributed by atoms with Crippen LogP contribution >= 0.6 is 0 Å². The molecule has 0 atom stereocenters. The first-order valence-corrected chi connectivity index (χ1v) is 25.4. The molecule has 0 radical (unpaired) electrons. The lowest BCUT2D eigenvalue weighted by atomic mass is 9.70. The Hall–Kier alpha value is -7.22. The molecule has 1 spiro atoms. The van der Waals surface area contributed by atoms with Crippen molar-refractivity contribution in [2.24, 2.45) is 0 Å². The van der Waals surface area contributed by atoms with Gasteiger partial charge in [-0.3, -0.25) is 0 Å². The Balaban J connectivity index is 1.12. The van der Waals surface area contributed by atoms with Crippen LogP contribution in [0.3, 0.4) is 0 Å². The topological polar surface area (TPSA) is 3.24 Å². The van der Waals surface area contributed by atoms with E-state index in [1.165, 1.54) is 123 Å². The summed E-state index contributed by atoms with van der Waals surface area (Å²) >= 11 is 0. The summed E-state index contributed by atoms with van der Waals surface area (Å²) in [6, 6.07) is 72.5. The fourth-order valence-electron chi connectivity index (χ4n) is 13.7. The molecule has 1 heteroatoms. The van der Waals surface area contributed by atoms with E-state index in [0.717, 1.165) is 5.69 Å². The largest absolute Gasteiger partial charge is 0.310 e. The number of para-hydroxylation sites is 1. The highest BCUT2D eigenvalue weighted by Gasteiger charge is 2.52. The summed E-state index contributed by atoms with van der Waals surface area (Å²) in [5, 5.41) is 0. The van der Waals surface area contributed by atoms with Crippen molar-refractivity contribution >= 4 is 17.1 Å². The summed E-state index contributed by atoms with van der Waals surface area (Å²) in [5.41, 5.74) is 29.5. The molecule has 0 bridgehead atoms. The van der Waals surface area contributed by atoms with Crippen molar-refractivity contribution in [2.75, 3.05) is 4.90 Å². The Labute approximate surface area is 415 Å². The van der Waals surface area contributed by atoms with Crippen LogP contribution in [0.25, 0.3) is 55.6 Å². The van der Waals surface area contributed by atoms with Crippen LogP contribution in [0.15, 0.2) is 188 Å². The lowest BCUT2D eigenvalue weighted by Crippen LogP contribution is -2.26. The fourth-order valence-corrected chi connectivity index (χ4v) is 13.7. The minimum Gasteiger partial charge on any atom is -0.310 e. The molecule has 0 heterocycles. The van der Waals surface area contributed by atoms with E-state index in [0.29, 0.717) is 0 Å². The lowest BCUT2D eigenvalue weighted by molar-refractivity contribution is 0.564. The first-order chi connectivity index (χ1) is 33.5. The van der Waals surface area contributed by atoms with Crippen LogP contribution in [0.1, 0.15) is 125 Å². The Morgan fingerprint density at radius 3 is 1.40 bits per heavy atom. The van der Waals surface area contributed by atoms with Gasteiger partial charge in [-0.05, 0) is 141 Å². The highest BCUT2D eigenvalue weighted by atomic mass is 15.1. The van der Waals surface area contributed by atoms with Gasteiger partial charge in [-0.25, -0.2) is 0 Å². The molecule has 0 fully saturated rings. The van der Waals surface area contributed by atoms with Crippen molar-refractivity contribution < 1.29 is 0 Å². The maximum absolute atomic E-state index is 2.64. The number of rotatable bonds is 4. The van der Waals surface area contributed by atoms with Gasteiger partial charge in [0.25, 0.3) is 0 Å². The van der Waals surface area contributed by atoms with Crippen LogP contribution in [0, 0.1) is 0 Å². The normalized spacial score (nSPS) is 15.6. The Bertz CT molecular complexity index is 3630. The molecule has 0 aromatic heterocycles. The van der Waals surface area contributed by atoms with Crippen molar-refractivity contribution in [1.82, 2.24) is 0 Å². The molecule has 70 heavy (non-hydrogen) atoms. The van der Waals surface area contributed by atoms with Crippen LogP contribution < -0.4 is 4.90 Å². The van der Waals surface area contributed by atoms with E-state index in [-0.39, 0.29) is 21.7 Å². The molecule has 0 amide bonds. The summed E-state index contributed by atoms with van der Waals surface area (Å²) in [4.78, 5) is 2.64. The van der Waals surface area contributed by atoms with E-state index in [1.807, 2.05) is 0 Å². The van der Waals surface area contributed by atoms with E-state index in [2.05, 4.69) is 262 Å². The number of anilines is 3. The maximum atomic E-state index is 2.64. The molecule has 0 unspecified atom stereocenters. The summed E-state index contributed by atoms with van der Waals surface area (Å²) < 4.78 is 0. The summed E-state index contributed by atoms with van der Waals surface area (Å²) in [6.45, 7) is 24.0. The van der Waals surface area contributed by atoms with Crippen molar-refractivity contribution in [3.63, 3.8) is 0 Å². The van der Waals surface area contributed by atoms with Crippen LogP contribution in [-0.2, 0) is 27.1 Å². The standard InChI is InChI=1S/C69H61N/c1-65(2,3)42-39-58(66(4,5)6)63-59(40-42)67(7,8)56-34-21-28-50(62(56)63)49-27-15-20-35-60(49)70(61-36-22-29-51-47-26-11-16-30-52(47)68(9,10)64(51)61)43-37-38-48-46-25-14-19-33-55(46)69(57(48)41-43)53-31-17-12-23-44(53)45-24-13-18-32-54(45)69/h11-41H,1-10H3. The minimum atomic E-state index is -0.473. The molecule has 342 valence electrons. The van der Waals surface area contributed by atoms with E-state index < -0.39 is 5.41 Å². The maximum Gasteiger partial charge on any atom is 0.0726 e. The average molecular weight is 904 g/mol. The zero-order valence-electron chi connectivity index (χ0n) is 42.3. The van der Waals surface area contributed by atoms with Gasteiger partial charge in [0.15, 0.2) is 0 Å². The highest BCUT2D eigenvalue weighted by molar-refractivity contribution is 6.02. The van der Waals surface area contributed by atoms with Gasteiger partial charge >= 0.3 is 0 Å². The third-order valence-corrected chi connectivity index (χ3v) is 16.9. The van der Waals surface area contributed by atoms with E-state index in [1.54, 1.807) is 0 Å².